The van der Waals surface area contributed by atoms with Crippen LogP contribution in [0.3, 0.4) is 0 Å². The summed E-state index contributed by atoms with van der Waals surface area (Å²) in [4.78, 5) is 10.7. The maximum absolute atomic E-state index is 10.7. The van der Waals surface area contributed by atoms with Gasteiger partial charge < -0.3 is 9.67 Å². The van der Waals surface area contributed by atoms with Crippen molar-refractivity contribution >= 4 is 29.5 Å². The van der Waals surface area contributed by atoms with Crippen LogP contribution < -0.4 is 0 Å². The third-order valence-electron chi connectivity index (χ3n) is 3.07. The van der Waals surface area contributed by atoms with E-state index in [1.165, 1.54) is 36.8 Å². The van der Waals surface area contributed by atoms with Gasteiger partial charge in [-0.25, -0.2) is 0 Å². The highest BCUT2D eigenvalue weighted by molar-refractivity contribution is 7.99. The zero-order valence-electron chi connectivity index (χ0n) is 12.9. The molecule has 7 heteroatoms. The van der Waals surface area contributed by atoms with Gasteiger partial charge in [-0.2, -0.15) is 11.8 Å². The summed E-state index contributed by atoms with van der Waals surface area (Å²) in [7, 11) is 0. The number of nitrogens with zero attached hydrogens (tertiary/aromatic N) is 3. The average molecular weight is 332 g/mol. The number of unbranched alkanes of at least 4 members (excludes halogenated alkanes) is 3. The molecule has 0 spiro atoms. The molecule has 0 aliphatic carbocycles. The maximum Gasteiger partial charge on any atom is 0.313 e. The van der Waals surface area contributed by atoms with Crippen LogP contribution in [0.25, 0.3) is 0 Å². The number of hydrogen-bond donors (Lipinski definition) is 1. The van der Waals surface area contributed by atoms with Gasteiger partial charge in [0.25, 0.3) is 0 Å². The molecule has 0 saturated heterocycles. The number of aromatic nitrogens is 3. The monoisotopic (exact) mass is 331 g/mol. The molecule has 0 unspecified atom stereocenters. The van der Waals surface area contributed by atoms with Gasteiger partial charge in [0.15, 0.2) is 5.16 Å². The van der Waals surface area contributed by atoms with E-state index in [9.17, 15) is 4.79 Å². The zero-order chi connectivity index (χ0) is 15.5. The first-order valence-corrected chi connectivity index (χ1v) is 9.82. The Balaban J connectivity index is 2.50. The van der Waals surface area contributed by atoms with Crippen molar-refractivity contribution in [2.75, 3.05) is 17.8 Å². The van der Waals surface area contributed by atoms with Crippen molar-refractivity contribution in [2.45, 2.75) is 57.1 Å². The molecule has 0 radical (unpaired) electrons. The van der Waals surface area contributed by atoms with Gasteiger partial charge in [0, 0.05) is 13.0 Å². The van der Waals surface area contributed by atoms with Gasteiger partial charge in [-0.3, -0.25) is 4.79 Å². The molecule has 1 rings (SSSR count). The van der Waals surface area contributed by atoms with Gasteiger partial charge in [-0.15, -0.1) is 10.2 Å². The first-order valence-electron chi connectivity index (χ1n) is 7.44. The Morgan fingerprint density at radius 2 is 2.00 bits per heavy atom. The molecule has 1 aromatic rings. The Hall–Kier alpha value is -0.690. The molecule has 0 amide bonds. The molecule has 5 nitrogen and oxygen atoms in total. The van der Waals surface area contributed by atoms with Gasteiger partial charge in [-0.1, -0.05) is 31.5 Å². The Morgan fingerprint density at radius 3 is 2.67 bits per heavy atom. The van der Waals surface area contributed by atoms with E-state index in [1.54, 1.807) is 0 Å². The van der Waals surface area contributed by atoms with Crippen LogP contribution >= 0.6 is 23.5 Å². The number of rotatable bonds is 12. The predicted molar refractivity (Wildman–Crippen MR) is 89.2 cm³/mol. The van der Waals surface area contributed by atoms with Crippen LogP contribution in [0, 0.1) is 0 Å². The highest BCUT2D eigenvalue weighted by Gasteiger charge is 2.13. The van der Waals surface area contributed by atoms with Gasteiger partial charge in [0.2, 0.25) is 0 Å². The second kappa shape index (κ2) is 11.0. The molecule has 1 heterocycles. The van der Waals surface area contributed by atoms with E-state index >= 15 is 0 Å². The lowest BCUT2D eigenvalue weighted by Crippen LogP contribution is -2.07. The second-order valence-electron chi connectivity index (χ2n) is 4.89. The molecule has 0 bridgehead atoms. The molecule has 0 saturated carbocycles. The number of carbonyl (C=O) groups is 1. The van der Waals surface area contributed by atoms with Gasteiger partial charge >= 0.3 is 5.97 Å². The molecule has 0 aliphatic heterocycles. The number of hydrogen-bond acceptors (Lipinski definition) is 5. The summed E-state index contributed by atoms with van der Waals surface area (Å²) in [5, 5.41) is 17.9. The summed E-state index contributed by atoms with van der Waals surface area (Å²) in [6.45, 7) is 3.01. The van der Waals surface area contributed by atoms with Crippen molar-refractivity contribution in [3.63, 3.8) is 0 Å². The van der Waals surface area contributed by atoms with Crippen LogP contribution in [0.2, 0.25) is 0 Å². The molecule has 21 heavy (non-hydrogen) atoms. The minimum atomic E-state index is -0.816. The molecule has 0 aliphatic rings. The molecule has 0 atom stereocenters. The molecule has 0 fully saturated rings. The first-order chi connectivity index (χ1) is 10.2. The average Bonchev–Trinajstić information content (AvgIpc) is 2.83. The van der Waals surface area contributed by atoms with Crippen molar-refractivity contribution in [1.82, 2.24) is 14.8 Å². The van der Waals surface area contributed by atoms with E-state index in [4.69, 9.17) is 5.11 Å². The Kier molecular flexibility index (Phi) is 9.58. The van der Waals surface area contributed by atoms with Crippen LogP contribution in [0.15, 0.2) is 5.16 Å². The van der Waals surface area contributed by atoms with Crippen molar-refractivity contribution < 1.29 is 9.90 Å². The number of aliphatic carboxylic acids is 1. The van der Waals surface area contributed by atoms with Crippen LogP contribution in [0.1, 0.15) is 44.9 Å². The van der Waals surface area contributed by atoms with Gasteiger partial charge in [-0.05, 0) is 31.3 Å². The highest BCUT2D eigenvalue weighted by atomic mass is 32.2. The van der Waals surface area contributed by atoms with Crippen molar-refractivity contribution in [3.8, 4) is 0 Å². The summed E-state index contributed by atoms with van der Waals surface area (Å²) in [5.41, 5.74) is 0. The molecular formula is C14H25N3O2S2. The van der Waals surface area contributed by atoms with E-state index in [0.29, 0.717) is 0 Å². The van der Waals surface area contributed by atoms with E-state index in [0.717, 1.165) is 36.8 Å². The topological polar surface area (TPSA) is 68.0 Å². The summed E-state index contributed by atoms with van der Waals surface area (Å²) in [6.07, 6.45) is 8.88. The number of aryl methyl sites for hydroxylation is 1. The number of thioether (sulfide) groups is 2. The normalized spacial score (nSPS) is 11.0. The summed E-state index contributed by atoms with van der Waals surface area (Å²) < 4.78 is 2.10. The summed E-state index contributed by atoms with van der Waals surface area (Å²) >= 11 is 3.15. The Labute approximate surface area is 135 Å². The Bertz CT molecular complexity index is 424. The van der Waals surface area contributed by atoms with Crippen LogP contribution in [-0.4, -0.2) is 43.6 Å². The summed E-state index contributed by atoms with van der Waals surface area (Å²) in [5.74, 6) is 1.43. The van der Waals surface area contributed by atoms with Crippen molar-refractivity contribution in [1.29, 1.82) is 0 Å². The van der Waals surface area contributed by atoms with E-state index in [2.05, 4.69) is 27.9 Å². The standard InChI is InChI=1S/C14H25N3O2S2/c1-3-8-12-15-16-14(21-11-13(18)19)17(12)9-6-4-5-7-10-20-2/h3-11H2,1-2H3,(H,18,19). The van der Waals surface area contributed by atoms with Crippen molar-refractivity contribution in [3.05, 3.63) is 5.82 Å². The lowest BCUT2D eigenvalue weighted by atomic mass is 10.2. The molecule has 0 aromatic carbocycles. The quantitative estimate of drug-likeness (QED) is 0.468. The largest absolute Gasteiger partial charge is 0.481 e. The minimum Gasteiger partial charge on any atom is -0.481 e. The maximum atomic E-state index is 10.7. The fourth-order valence-electron chi connectivity index (χ4n) is 2.06. The third kappa shape index (κ3) is 7.22. The lowest BCUT2D eigenvalue weighted by molar-refractivity contribution is -0.133. The lowest BCUT2D eigenvalue weighted by Gasteiger charge is -2.09. The second-order valence-corrected chi connectivity index (χ2v) is 6.82. The van der Waals surface area contributed by atoms with Crippen LogP contribution in [-0.2, 0) is 17.8 Å². The fraction of sp³-hybridized carbons (Fsp3) is 0.786. The van der Waals surface area contributed by atoms with Gasteiger partial charge in [0.05, 0.1) is 5.75 Å². The smallest absolute Gasteiger partial charge is 0.313 e. The SMILES string of the molecule is CCCc1nnc(SCC(=O)O)n1CCCCCCSC. The third-order valence-corrected chi connectivity index (χ3v) is 4.72. The minimum absolute atomic E-state index is 0.0397. The first kappa shape index (κ1) is 18.4. The predicted octanol–water partition coefficient (Wildman–Crippen LogP) is 3.33. The molecule has 1 N–H and O–H groups in total. The molecular weight excluding hydrogens is 306 g/mol. The van der Waals surface area contributed by atoms with Gasteiger partial charge in [0.1, 0.15) is 5.82 Å². The van der Waals surface area contributed by atoms with Crippen LogP contribution in [0.4, 0.5) is 0 Å². The van der Waals surface area contributed by atoms with Crippen LogP contribution in [0.5, 0.6) is 0 Å². The summed E-state index contributed by atoms with van der Waals surface area (Å²) in [6, 6.07) is 0. The fourth-order valence-corrected chi connectivity index (χ4v) is 3.25. The number of carboxylic acids is 1. The van der Waals surface area contributed by atoms with E-state index in [-0.39, 0.29) is 5.75 Å². The van der Waals surface area contributed by atoms with Crippen molar-refractivity contribution in [2.24, 2.45) is 0 Å². The Morgan fingerprint density at radius 1 is 1.24 bits per heavy atom. The highest BCUT2D eigenvalue weighted by Crippen LogP contribution is 2.19. The van der Waals surface area contributed by atoms with E-state index in [1.807, 2.05) is 11.8 Å². The number of carboxylic acid groups (broad SMARTS) is 1. The van der Waals surface area contributed by atoms with E-state index < -0.39 is 5.97 Å². The zero-order valence-corrected chi connectivity index (χ0v) is 14.5. The molecule has 1 aromatic heterocycles. The molecule has 120 valence electrons.